The van der Waals surface area contributed by atoms with Crippen LogP contribution in [0.5, 0.6) is 5.75 Å². The van der Waals surface area contributed by atoms with Gasteiger partial charge in [-0.2, -0.15) is 0 Å². The van der Waals surface area contributed by atoms with Crippen molar-refractivity contribution in [3.8, 4) is 16.3 Å². The lowest BCUT2D eigenvalue weighted by molar-refractivity contribution is 0.410. The summed E-state index contributed by atoms with van der Waals surface area (Å²) in [5, 5.41) is 1.05. The van der Waals surface area contributed by atoms with Gasteiger partial charge >= 0.3 is 0 Å². The van der Waals surface area contributed by atoms with Gasteiger partial charge in [-0.25, -0.2) is 4.98 Å². The first-order valence-electron chi connectivity index (χ1n) is 5.46. The predicted octanol–water partition coefficient (Wildman–Crippen LogP) is 4.45. The van der Waals surface area contributed by atoms with Crippen LogP contribution in [-0.4, -0.2) is 12.1 Å². The first-order valence-corrected chi connectivity index (χ1v) is 7.07. The smallest absolute Gasteiger partial charge is 0.124 e. The fraction of sp³-hybridized carbons (Fsp3) is 0.308. The van der Waals surface area contributed by atoms with E-state index in [4.69, 9.17) is 4.74 Å². The summed E-state index contributed by atoms with van der Waals surface area (Å²) in [7, 11) is 1.71. The zero-order valence-corrected chi connectivity index (χ0v) is 12.5. The number of benzene rings is 1. The summed E-state index contributed by atoms with van der Waals surface area (Å²) in [6, 6.07) is 6.23. The average molecular weight is 312 g/mol. The monoisotopic (exact) mass is 311 g/mol. The van der Waals surface area contributed by atoms with Gasteiger partial charge in [0.2, 0.25) is 0 Å². The first kappa shape index (κ1) is 12.6. The van der Waals surface area contributed by atoms with E-state index in [1.165, 1.54) is 5.56 Å². The number of thiazole rings is 1. The quantitative estimate of drug-likeness (QED) is 0.835. The van der Waals surface area contributed by atoms with Gasteiger partial charge in [0.15, 0.2) is 0 Å². The molecule has 0 aliphatic carbocycles. The zero-order valence-electron chi connectivity index (χ0n) is 10.1. The maximum Gasteiger partial charge on any atom is 0.124 e. The molecule has 2 rings (SSSR count). The Labute approximate surface area is 114 Å². The molecule has 1 aromatic heterocycles. The highest BCUT2D eigenvalue weighted by Crippen LogP contribution is 2.33. The van der Waals surface area contributed by atoms with Crippen LogP contribution in [0.25, 0.3) is 10.6 Å². The van der Waals surface area contributed by atoms with E-state index in [1.54, 1.807) is 18.4 Å². The molecule has 0 unspecified atom stereocenters. The Morgan fingerprint density at radius 3 is 2.71 bits per heavy atom. The van der Waals surface area contributed by atoms with Crippen molar-refractivity contribution >= 4 is 27.3 Å². The van der Waals surface area contributed by atoms with E-state index >= 15 is 0 Å². The number of ether oxygens (including phenoxy) is 1. The van der Waals surface area contributed by atoms with Gasteiger partial charge in [-0.15, -0.1) is 11.3 Å². The number of nitrogens with zero attached hydrogens (tertiary/aromatic N) is 1. The highest BCUT2D eigenvalue weighted by molar-refractivity contribution is 9.11. The molecule has 0 N–H and O–H groups in total. The normalized spacial score (nSPS) is 10.6. The Morgan fingerprint density at radius 1 is 1.41 bits per heavy atom. The molecule has 0 fully saturated rings. The van der Waals surface area contributed by atoms with Crippen molar-refractivity contribution in [2.45, 2.75) is 20.3 Å². The minimum absolute atomic E-state index is 0.948. The summed E-state index contributed by atoms with van der Waals surface area (Å²) < 4.78 is 6.43. The molecular formula is C13H14BrNOS. The third-order valence-corrected chi connectivity index (χ3v) is 4.70. The van der Waals surface area contributed by atoms with E-state index in [1.807, 2.05) is 13.0 Å². The number of hydrogen-bond donors (Lipinski definition) is 0. The average Bonchev–Trinajstić information content (AvgIpc) is 2.68. The lowest BCUT2D eigenvalue weighted by atomic mass is 10.1. The van der Waals surface area contributed by atoms with Crippen LogP contribution >= 0.6 is 27.3 Å². The second kappa shape index (κ2) is 5.19. The van der Waals surface area contributed by atoms with Crippen LogP contribution in [0.1, 0.15) is 18.2 Å². The summed E-state index contributed by atoms with van der Waals surface area (Å²) >= 11 is 5.17. The van der Waals surface area contributed by atoms with Crippen LogP contribution in [0.2, 0.25) is 0 Å². The number of aromatic nitrogens is 1. The topological polar surface area (TPSA) is 22.1 Å². The molecule has 2 aromatic rings. The molecule has 0 bridgehead atoms. The Bertz CT molecular complexity index is 517. The lowest BCUT2D eigenvalue weighted by Crippen LogP contribution is -1.91. The number of aryl methyl sites for hydroxylation is 2. The molecule has 0 amide bonds. The molecule has 2 nitrogen and oxygen atoms in total. The summed E-state index contributed by atoms with van der Waals surface area (Å²) in [4.78, 5) is 4.54. The molecular weight excluding hydrogens is 298 g/mol. The van der Waals surface area contributed by atoms with E-state index in [0.29, 0.717) is 0 Å². The van der Waals surface area contributed by atoms with Crippen LogP contribution in [0.15, 0.2) is 22.0 Å². The van der Waals surface area contributed by atoms with Crippen LogP contribution in [0, 0.1) is 6.92 Å². The Hall–Kier alpha value is -0.870. The third kappa shape index (κ3) is 2.53. The molecule has 1 heterocycles. The van der Waals surface area contributed by atoms with E-state index in [0.717, 1.165) is 32.2 Å². The van der Waals surface area contributed by atoms with Gasteiger partial charge in [0.05, 0.1) is 16.6 Å². The Balaban J connectivity index is 2.46. The van der Waals surface area contributed by atoms with Crippen molar-refractivity contribution in [2.24, 2.45) is 0 Å². The van der Waals surface area contributed by atoms with Gasteiger partial charge in [0.1, 0.15) is 10.8 Å². The Kier molecular flexibility index (Phi) is 3.84. The molecule has 1 aromatic carbocycles. The van der Waals surface area contributed by atoms with Gasteiger partial charge in [-0.05, 0) is 53.0 Å². The highest BCUT2D eigenvalue weighted by atomic mass is 79.9. The third-order valence-electron chi connectivity index (χ3n) is 2.65. The van der Waals surface area contributed by atoms with Crippen LogP contribution in [-0.2, 0) is 6.42 Å². The maximum absolute atomic E-state index is 5.33. The van der Waals surface area contributed by atoms with Crippen molar-refractivity contribution in [3.05, 3.63) is 33.2 Å². The van der Waals surface area contributed by atoms with Crippen LogP contribution in [0.4, 0.5) is 0 Å². The summed E-state index contributed by atoms with van der Waals surface area (Å²) in [6.07, 6.45) is 0.961. The highest BCUT2D eigenvalue weighted by Gasteiger charge is 2.09. The van der Waals surface area contributed by atoms with Crippen molar-refractivity contribution in [3.63, 3.8) is 0 Å². The molecule has 4 heteroatoms. The van der Waals surface area contributed by atoms with Crippen LogP contribution in [0.3, 0.4) is 0 Å². The van der Waals surface area contributed by atoms with Crippen LogP contribution < -0.4 is 4.74 Å². The minimum atomic E-state index is 0.948. The van der Waals surface area contributed by atoms with Crippen molar-refractivity contribution in [1.29, 1.82) is 0 Å². The zero-order chi connectivity index (χ0) is 12.4. The molecule has 0 saturated carbocycles. The van der Waals surface area contributed by atoms with E-state index in [2.05, 4.69) is 40.0 Å². The molecule has 90 valence electrons. The van der Waals surface area contributed by atoms with Gasteiger partial charge in [-0.3, -0.25) is 0 Å². The maximum atomic E-state index is 5.33. The van der Waals surface area contributed by atoms with Crippen molar-refractivity contribution in [1.82, 2.24) is 4.98 Å². The SMILES string of the molecule is CCc1cc(-c2nc(C)c(Br)s2)ccc1OC. The number of rotatable bonds is 3. The largest absolute Gasteiger partial charge is 0.496 e. The fourth-order valence-electron chi connectivity index (χ4n) is 1.69. The van der Waals surface area contributed by atoms with Gasteiger partial charge < -0.3 is 4.74 Å². The number of hydrogen-bond acceptors (Lipinski definition) is 3. The molecule has 0 saturated heterocycles. The van der Waals surface area contributed by atoms with E-state index < -0.39 is 0 Å². The summed E-state index contributed by atoms with van der Waals surface area (Å²) in [5.74, 6) is 0.948. The fourth-order valence-corrected chi connectivity index (χ4v) is 3.03. The number of methoxy groups -OCH3 is 1. The van der Waals surface area contributed by atoms with Gasteiger partial charge in [0.25, 0.3) is 0 Å². The van der Waals surface area contributed by atoms with Crippen molar-refractivity contribution < 1.29 is 4.74 Å². The lowest BCUT2D eigenvalue weighted by Gasteiger charge is -2.07. The van der Waals surface area contributed by atoms with Crippen molar-refractivity contribution in [2.75, 3.05) is 7.11 Å². The standard InChI is InChI=1S/C13H14BrNOS/c1-4-9-7-10(5-6-11(9)16-3)13-15-8(2)12(14)17-13/h5-7H,4H2,1-3H3. The summed E-state index contributed by atoms with van der Waals surface area (Å²) in [6.45, 7) is 4.14. The molecule has 0 aliphatic heterocycles. The molecule has 0 atom stereocenters. The number of halogens is 1. The second-order valence-corrected chi connectivity index (χ2v) is 6.08. The van der Waals surface area contributed by atoms with Gasteiger partial charge in [-0.1, -0.05) is 6.92 Å². The molecule has 0 aliphatic rings. The molecule has 0 radical (unpaired) electrons. The second-order valence-electron chi connectivity index (χ2n) is 3.76. The Morgan fingerprint density at radius 2 is 2.18 bits per heavy atom. The molecule has 0 spiro atoms. The molecule has 17 heavy (non-hydrogen) atoms. The first-order chi connectivity index (χ1) is 8.15. The van der Waals surface area contributed by atoms with E-state index in [-0.39, 0.29) is 0 Å². The van der Waals surface area contributed by atoms with E-state index in [9.17, 15) is 0 Å². The minimum Gasteiger partial charge on any atom is -0.496 e. The predicted molar refractivity (Wildman–Crippen MR) is 75.9 cm³/mol. The summed E-state index contributed by atoms with van der Waals surface area (Å²) in [5.41, 5.74) is 3.41. The van der Waals surface area contributed by atoms with Gasteiger partial charge in [0, 0.05) is 5.56 Å².